The maximum absolute atomic E-state index is 12.0. The quantitative estimate of drug-likeness (QED) is 0.635. The lowest BCUT2D eigenvalue weighted by atomic mass is 10.1. The predicted octanol–water partition coefficient (Wildman–Crippen LogP) is -0.00300. The molecule has 0 bridgehead atoms. The molecule has 0 saturated carbocycles. The number of carboxylic acid groups (broad SMARTS) is 1. The van der Waals surface area contributed by atoms with Crippen LogP contribution in [0.1, 0.15) is 25.7 Å². The molecular weight excluding hydrogens is 222 g/mol. The third-order valence-electron chi connectivity index (χ3n) is 3.47. The van der Waals surface area contributed by atoms with E-state index in [1.54, 1.807) is 0 Å². The SMILES string of the molecule is O=C(O)C1CCCN1C(=O)NC1CCNCC1. The molecule has 1 atom stereocenters. The van der Waals surface area contributed by atoms with Crippen molar-refractivity contribution in [3.05, 3.63) is 0 Å². The van der Waals surface area contributed by atoms with Crippen LogP contribution in [-0.4, -0.2) is 53.7 Å². The van der Waals surface area contributed by atoms with E-state index in [9.17, 15) is 9.59 Å². The Balaban J connectivity index is 1.88. The van der Waals surface area contributed by atoms with E-state index in [0.717, 1.165) is 32.4 Å². The number of carbonyl (C=O) groups excluding carboxylic acids is 1. The summed E-state index contributed by atoms with van der Waals surface area (Å²) >= 11 is 0. The molecule has 17 heavy (non-hydrogen) atoms. The highest BCUT2D eigenvalue weighted by Crippen LogP contribution is 2.17. The van der Waals surface area contributed by atoms with Crippen molar-refractivity contribution in [1.82, 2.24) is 15.5 Å². The molecule has 2 aliphatic heterocycles. The number of aliphatic carboxylic acids is 1. The average molecular weight is 241 g/mol. The van der Waals surface area contributed by atoms with Gasteiger partial charge in [-0.3, -0.25) is 0 Å². The molecule has 6 heteroatoms. The van der Waals surface area contributed by atoms with Crippen LogP contribution in [0, 0.1) is 0 Å². The first-order valence-corrected chi connectivity index (χ1v) is 6.19. The topological polar surface area (TPSA) is 81.7 Å². The van der Waals surface area contributed by atoms with Crippen LogP contribution in [0.2, 0.25) is 0 Å². The van der Waals surface area contributed by atoms with Gasteiger partial charge in [-0.05, 0) is 38.8 Å². The summed E-state index contributed by atoms with van der Waals surface area (Å²) in [6.45, 7) is 2.37. The molecule has 0 aromatic carbocycles. The van der Waals surface area contributed by atoms with Crippen molar-refractivity contribution in [2.75, 3.05) is 19.6 Å². The first kappa shape index (κ1) is 12.2. The summed E-state index contributed by atoms with van der Waals surface area (Å²) in [5, 5.41) is 15.2. The van der Waals surface area contributed by atoms with Crippen LogP contribution in [0.15, 0.2) is 0 Å². The van der Waals surface area contributed by atoms with Gasteiger partial charge in [0, 0.05) is 12.6 Å². The zero-order valence-corrected chi connectivity index (χ0v) is 9.82. The Labute approximate surface area is 100 Å². The number of piperidine rings is 1. The zero-order valence-electron chi connectivity index (χ0n) is 9.82. The van der Waals surface area contributed by atoms with E-state index in [4.69, 9.17) is 5.11 Å². The molecule has 2 aliphatic rings. The molecule has 0 aromatic rings. The van der Waals surface area contributed by atoms with Gasteiger partial charge in [0.25, 0.3) is 0 Å². The van der Waals surface area contributed by atoms with E-state index in [1.807, 2.05) is 0 Å². The molecule has 2 saturated heterocycles. The fourth-order valence-electron chi connectivity index (χ4n) is 2.49. The van der Waals surface area contributed by atoms with Gasteiger partial charge in [-0.1, -0.05) is 0 Å². The fourth-order valence-corrected chi connectivity index (χ4v) is 2.49. The molecule has 2 fully saturated rings. The number of amides is 2. The third-order valence-corrected chi connectivity index (χ3v) is 3.47. The minimum atomic E-state index is -0.900. The number of urea groups is 1. The van der Waals surface area contributed by atoms with Gasteiger partial charge in [0.15, 0.2) is 0 Å². The van der Waals surface area contributed by atoms with Crippen LogP contribution >= 0.6 is 0 Å². The van der Waals surface area contributed by atoms with Gasteiger partial charge in [-0.2, -0.15) is 0 Å². The maximum atomic E-state index is 12.0. The van der Waals surface area contributed by atoms with Crippen molar-refractivity contribution < 1.29 is 14.7 Å². The van der Waals surface area contributed by atoms with Crippen molar-refractivity contribution in [3.8, 4) is 0 Å². The molecule has 0 aliphatic carbocycles. The Morgan fingerprint density at radius 1 is 1.24 bits per heavy atom. The summed E-state index contributed by atoms with van der Waals surface area (Å²) in [6, 6.07) is -0.683. The highest BCUT2D eigenvalue weighted by Gasteiger charge is 2.34. The molecule has 2 heterocycles. The van der Waals surface area contributed by atoms with Crippen molar-refractivity contribution in [2.45, 2.75) is 37.8 Å². The molecule has 6 nitrogen and oxygen atoms in total. The molecule has 0 aromatic heterocycles. The number of hydrogen-bond donors (Lipinski definition) is 3. The molecule has 2 rings (SSSR count). The largest absolute Gasteiger partial charge is 0.480 e. The van der Waals surface area contributed by atoms with E-state index >= 15 is 0 Å². The summed E-state index contributed by atoms with van der Waals surface area (Å²) in [5.74, 6) is -0.900. The number of carboxylic acids is 1. The summed E-state index contributed by atoms with van der Waals surface area (Å²) in [6.07, 6.45) is 3.17. The van der Waals surface area contributed by atoms with Gasteiger partial charge < -0.3 is 20.6 Å². The highest BCUT2D eigenvalue weighted by molar-refractivity contribution is 5.83. The molecule has 0 spiro atoms. The minimum absolute atomic E-state index is 0.179. The summed E-state index contributed by atoms with van der Waals surface area (Å²) in [5.41, 5.74) is 0. The monoisotopic (exact) mass is 241 g/mol. The summed E-state index contributed by atoms with van der Waals surface area (Å²) in [7, 11) is 0. The van der Waals surface area contributed by atoms with Crippen LogP contribution in [0.25, 0.3) is 0 Å². The van der Waals surface area contributed by atoms with Gasteiger partial charge in [-0.25, -0.2) is 9.59 Å². The lowest BCUT2D eigenvalue weighted by Crippen LogP contribution is -2.51. The third kappa shape index (κ3) is 2.88. The smallest absolute Gasteiger partial charge is 0.326 e. The molecule has 2 amide bonds. The van der Waals surface area contributed by atoms with Gasteiger partial charge in [-0.15, -0.1) is 0 Å². The summed E-state index contributed by atoms with van der Waals surface area (Å²) in [4.78, 5) is 24.4. The highest BCUT2D eigenvalue weighted by atomic mass is 16.4. The second-order valence-electron chi connectivity index (χ2n) is 4.66. The fraction of sp³-hybridized carbons (Fsp3) is 0.818. The molecule has 3 N–H and O–H groups in total. The second kappa shape index (κ2) is 5.35. The molecule has 0 radical (unpaired) electrons. The minimum Gasteiger partial charge on any atom is -0.480 e. The van der Waals surface area contributed by atoms with E-state index in [2.05, 4.69) is 10.6 Å². The van der Waals surface area contributed by atoms with Gasteiger partial charge in [0.05, 0.1) is 0 Å². The Morgan fingerprint density at radius 2 is 1.94 bits per heavy atom. The number of hydrogen-bond acceptors (Lipinski definition) is 3. The van der Waals surface area contributed by atoms with Crippen LogP contribution in [0.5, 0.6) is 0 Å². The first-order chi connectivity index (χ1) is 8.18. The average Bonchev–Trinajstić information content (AvgIpc) is 2.79. The van der Waals surface area contributed by atoms with Crippen molar-refractivity contribution in [2.24, 2.45) is 0 Å². The van der Waals surface area contributed by atoms with E-state index < -0.39 is 12.0 Å². The van der Waals surface area contributed by atoms with Gasteiger partial charge in [0.1, 0.15) is 6.04 Å². The standard InChI is InChI=1S/C11H19N3O3/c15-10(16)9-2-1-7-14(9)11(17)13-8-3-5-12-6-4-8/h8-9,12H,1-7H2,(H,13,17)(H,15,16). The predicted molar refractivity (Wildman–Crippen MR) is 61.8 cm³/mol. The Kier molecular flexibility index (Phi) is 3.83. The van der Waals surface area contributed by atoms with Crippen LogP contribution in [0.4, 0.5) is 4.79 Å². The number of carbonyl (C=O) groups is 2. The lowest BCUT2D eigenvalue weighted by molar-refractivity contribution is -0.141. The normalized spacial score (nSPS) is 25.9. The zero-order chi connectivity index (χ0) is 12.3. The van der Waals surface area contributed by atoms with Crippen LogP contribution < -0.4 is 10.6 Å². The van der Waals surface area contributed by atoms with E-state index in [0.29, 0.717) is 13.0 Å². The first-order valence-electron chi connectivity index (χ1n) is 6.19. The Bertz CT molecular complexity index is 302. The molecule has 1 unspecified atom stereocenters. The maximum Gasteiger partial charge on any atom is 0.326 e. The van der Waals surface area contributed by atoms with Gasteiger partial charge in [0.2, 0.25) is 0 Å². The van der Waals surface area contributed by atoms with Crippen molar-refractivity contribution >= 4 is 12.0 Å². The molecular formula is C11H19N3O3. The summed E-state index contributed by atoms with van der Waals surface area (Å²) < 4.78 is 0. The Morgan fingerprint density at radius 3 is 2.59 bits per heavy atom. The number of nitrogens with zero attached hydrogens (tertiary/aromatic N) is 1. The van der Waals surface area contributed by atoms with Gasteiger partial charge >= 0.3 is 12.0 Å². The number of nitrogens with one attached hydrogen (secondary N) is 2. The van der Waals surface area contributed by atoms with E-state index in [1.165, 1.54) is 4.90 Å². The van der Waals surface area contributed by atoms with Crippen molar-refractivity contribution in [3.63, 3.8) is 0 Å². The van der Waals surface area contributed by atoms with Crippen LogP contribution in [0.3, 0.4) is 0 Å². The number of likely N-dealkylation sites (tertiary alicyclic amines) is 1. The second-order valence-corrected chi connectivity index (χ2v) is 4.66. The Hall–Kier alpha value is -1.30. The van der Waals surface area contributed by atoms with Crippen LogP contribution in [-0.2, 0) is 4.79 Å². The molecule has 96 valence electrons. The van der Waals surface area contributed by atoms with Crippen molar-refractivity contribution in [1.29, 1.82) is 0 Å². The van der Waals surface area contributed by atoms with E-state index in [-0.39, 0.29) is 12.1 Å². The number of rotatable bonds is 2. The lowest BCUT2D eigenvalue weighted by Gasteiger charge is -2.28.